The monoisotopic (exact) mass is 396 g/mol. The summed E-state index contributed by atoms with van der Waals surface area (Å²) >= 11 is 12.5. The fourth-order valence-corrected chi connectivity index (χ4v) is 3.85. The maximum atomic E-state index is 12.8. The lowest BCUT2D eigenvalue weighted by Gasteiger charge is -2.26. The topological polar surface area (TPSA) is 92.4 Å². The van der Waals surface area contributed by atoms with E-state index in [2.05, 4.69) is 10.5 Å². The van der Waals surface area contributed by atoms with Crippen LogP contribution in [0.4, 0.5) is 0 Å². The third-order valence-corrected chi connectivity index (χ3v) is 5.33. The zero-order valence-corrected chi connectivity index (χ0v) is 15.6. The van der Waals surface area contributed by atoms with Crippen molar-refractivity contribution in [2.75, 3.05) is 0 Å². The second kappa shape index (κ2) is 7.68. The smallest absolute Gasteiger partial charge is 0.306 e. The molecule has 1 fully saturated rings. The molecule has 0 spiro atoms. The number of aryl methyl sites for hydroxylation is 1. The van der Waals surface area contributed by atoms with Crippen molar-refractivity contribution in [1.82, 2.24) is 10.5 Å². The van der Waals surface area contributed by atoms with Gasteiger partial charge in [0.25, 0.3) is 5.91 Å². The minimum Gasteiger partial charge on any atom is -0.481 e. The van der Waals surface area contributed by atoms with E-state index in [4.69, 9.17) is 32.8 Å². The molecule has 3 rings (SSSR count). The first-order chi connectivity index (χ1) is 12.4. The molecule has 0 atom stereocenters. The van der Waals surface area contributed by atoms with Gasteiger partial charge in [0.2, 0.25) is 0 Å². The van der Waals surface area contributed by atoms with Crippen LogP contribution in [0.25, 0.3) is 11.3 Å². The van der Waals surface area contributed by atoms with Crippen molar-refractivity contribution in [3.63, 3.8) is 0 Å². The number of carboxylic acid groups (broad SMARTS) is 1. The Bertz CT molecular complexity index is 821. The van der Waals surface area contributed by atoms with Crippen molar-refractivity contribution in [3.8, 4) is 11.3 Å². The van der Waals surface area contributed by atoms with E-state index < -0.39 is 5.97 Å². The van der Waals surface area contributed by atoms with Crippen LogP contribution < -0.4 is 5.32 Å². The number of carbonyl (C=O) groups excluding carboxylic acids is 1. The lowest BCUT2D eigenvalue weighted by Crippen LogP contribution is -2.39. The number of hydrogen-bond donors (Lipinski definition) is 2. The van der Waals surface area contributed by atoms with Gasteiger partial charge in [0.05, 0.1) is 16.0 Å². The third-order valence-electron chi connectivity index (χ3n) is 4.70. The molecule has 1 aromatic carbocycles. The van der Waals surface area contributed by atoms with Crippen LogP contribution in [0.15, 0.2) is 22.7 Å². The Hall–Kier alpha value is -2.05. The van der Waals surface area contributed by atoms with Crippen molar-refractivity contribution in [2.24, 2.45) is 5.92 Å². The van der Waals surface area contributed by atoms with E-state index in [1.54, 1.807) is 25.1 Å². The Labute approximate surface area is 160 Å². The van der Waals surface area contributed by atoms with Crippen molar-refractivity contribution >= 4 is 35.1 Å². The lowest BCUT2D eigenvalue weighted by atomic mass is 9.86. The predicted molar refractivity (Wildman–Crippen MR) is 97.5 cm³/mol. The van der Waals surface area contributed by atoms with Gasteiger partial charge in [-0.2, -0.15) is 0 Å². The Balaban J connectivity index is 1.81. The molecular weight excluding hydrogens is 379 g/mol. The quantitative estimate of drug-likeness (QED) is 0.801. The van der Waals surface area contributed by atoms with E-state index in [0.29, 0.717) is 58.3 Å². The number of nitrogens with one attached hydrogen (secondary N) is 1. The summed E-state index contributed by atoms with van der Waals surface area (Å²) in [5, 5.41) is 16.8. The molecule has 0 aliphatic heterocycles. The Morgan fingerprint density at radius 2 is 1.81 bits per heavy atom. The van der Waals surface area contributed by atoms with Gasteiger partial charge in [0, 0.05) is 11.6 Å². The molecule has 0 bridgehead atoms. The molecule has 8 heteroatoms. The standard InChI is InChI=1S/C18H18Cl2N2O4/c1-9-14(16(22-26-9)15-12(19)3-2-4-13(15)20)17(23)21-11-7-5-10(6-8-11)18(24)25/h2-4,10-11H,5-8H2,1H3,(H,21,23)(H,24,25). The van der Waals surface area contributed by atoms with Crippen LogP contribution in [0.5, 0.6) is 0 Å². The van der Waals surface area contributed by atoms with Crippen molar-refractivity contribution in [2.45, 2.75) is 38.6 Å². The molecular formula is C18H18Cl2N2O4. The molecule has 0 unspecified atom stereocenters. The van der Waals surface area contributed by atoms with E-state index in [1.165, 1.54) is 0 Å². The largest absolute Gasteiger partial charge is 0.481 e. The van der Waals surface area contributed by atoms with Crippen LogP contribution in [0.2, 0.25) is 10.0 Å². The van der Waals surface area contributed by atoms with Crippen LogP contribution >= 0.6 is 23.2 Å². The maximum absolute atomic E-state index is 12.8. The number of amides is 1. The normalized spacial score (nSPS) is 20.0. The number of nitrogens with zero attached hydrogens (tertiary/aromatic N) is 1. The highest BCUT2D eigenvalue weighted by Gasteiger charge is 2.30. The van der Waals surface area contributed by atoms with Crippen LogP contribution in [0, 0.1) is 12.8 Å². The first-order valence-electron chi connectivity index (χ1n) is 8.32. The number of aromatic nitrogens is 1. The van der Waals surface area contributed by atoms with Gasteiger partial charge in [-0.05, 0) is 44.7 Å². The molecule has 0 radical (unpaired) electrons. The van der Waals surface area contributed by atoms with E-state index in [9.17, 15) is 9.59 Å². The SMILES string of the molecule is Cc1onc(-c2c(Cl)cccc2Cl)c1C(=O)NC1CCC(C(=O)O)CC1. The van der Waals surface area contributed by atoms with Gasteiger partial charge < -0.3 is 14.9 Å². The van der Waals surface area contributed by atoms with E-state index in [-0.39, 0.29) is 17.9 Å². The minimum absolute atomic E-state index is 0.0815. The first kappa shape index (κ1) is 18.7. The highest BCUT2D eigenvalue weighted by Crippen LogP contribution is 2.37. The second-order valence-corrected chi connectivity index (χ2v) is 7.23. The molecule has 6 nitrogen and oxygen atoms in total. The summed E-state index contributed by atoms with van der Waals surface area (Å²) in [5.41, 5.74) is 1.04. The van der Waals surface area contributed by atoms with Crippen molar-refractivity contribution < 1.29 is 19.2 Å². The molecule has 1 aromatic heterocycles. The molecule has 2 N–H and O–H groups in total. The number of hydrogen-bond acceptors (Lipinski definition) is 4. The molecule has 1 aliphatic carbocycles. The summed E-state index contributed by atoms with van der Waals surface area (Å²) in [6.45, 7) is 1.65. The zero-order chi connectivity index (χ0) is 18.8. The van der Waals surface area contributed by atoms with Gasteiger partial charge in [0.15, 0.2) is 0 Å². The number of carbonyl (C=O) groups is 2. The average Bonchev–Trinajstić information content (AvgIpc) is 2.96. The molecule has 1 amide bonds. The fraction of sp³-hybridized carbons (Fsp3) is 0.389. The Morgan fingerprint density at radius 1 is 1.19 bits per heavy atom. The van der Waals surface area contributed by atoms with Crippen LogP contribution in [-0.4, -0.2) is 28.2 Å². The van der Waals surface area contributed by atoms with Crippen LogP contribution in [-0.2, 0) is 4.79 Å². The van der Waals surface area contributed by atoms with Gasteiger partial charge in [-0.15, -0.1) is 0 Å². The molecule has 138 valence electrons. The molecule has 1 saturated carbocycles. The number of halogens is 2. The number of benzene rings is 1. The number of carboxylic acids is 1. The minimum atomic E-state index is -0.777. The lowest BCUT2D eigenvalue weighted by molar-refractivity contribution is -0.142. The summed E-state index contributed by atoms with van der Waals surface area (Å²) < 4.78 is 5.21. The molecule has 1 aliphatic rings. The third kappa shape index (κ3) is 3.71. The number of rotatable bonds is 4. The van der Waals surface area contributed by atoms with Gasteiger partial charge >= 0.3 is 5.97 Å². The van der Waals surface area contributed by atoms with E-state index in [1.807, 2.05) is 0 Å². The maximum Gasteiger partial charge on any atom is 0.306 e. The van der Waals surface area contributed by atoms with E-state index in [0.717, 1.165) is 0 Å². The predicted octanol–water partition coefficient (Wildman–Crippen LogP) is 4.33. The average molecular weight is 397 g/mol. The van der Waals surface area contributed by atoms with Crippen molar-refractivity contribution in [1.29, 1.82) is 0 Å². The molecule has 2 aromatic rings. The summed E-state index contributed by atoms with van der Waals surface area (Å²) in [6, 6.07) is 4.97. The summed E-state index contributed by atoms with van der Waals surface area (Å²) in [5.74, 6) is -1.07. The number of aliphatic carboxylic acids is 1. The summed E-state index contributed by atoms with van der Waals surface area (Å²) in [7, 11) is 0. The molecule has 0 saturated heterocycles. The van der Waals surface area contributed by atoms with Crippen LogP contribution in [0.3, 0.4) is 0 Å². The second-order valence-electron chi connectivity index (χ2n) is 6.42. The van der Waals surface area contributed by atoms with Crippen molar-refractivity contribution in [3.05, 3.63) is 39.6 Å². The summed E-state index contributed by atoms with van der Waals surface area (Å²) in [4.78, 5) is 23.9. The fourth-order valence-electron chi connectivity index (χ4n) is 3.28. The van der Waals surface area contributed by atoms with Gasteiger partial charge in [-0.25, -0.2) is 0 Å². The zero-order valence-electron chi connectivity index (χ0n) is 14.1. The van der Waals surface area contributed by atoms with Gasteiger partial charge in [-0.3, -0.25) is 9.59 Å². The molecule has 26 heavy (non-hydrogen) atoms. The Kier molecular flexibility index (Phi) is 5.53. The van der Waals surface area contributed by atoms with Crippen LogP contribution in [0.1, 0.15) is 41.8 Å². The molecule has 1 heterocycles. The van der Waals surface area contributed by atoms with E-state index >= 15 is 0 Å². The highest BCUT2D eigenvalue weighted by atomic mass is 35.5. The first-order valence-corrected chi connectivity index (χ1v) is 9.08. The van der Waals surface area contributed by atoms with Gasteiger partial charge in [0.1, 0.15) is 17.0 Å². The summed E-state index contributed by atoms with van der Waals surface area (Å²) in [6.07, 6.45) is 2.34. The highest BCUT2D eigenvalue weighted by molar-refractivity contribution is 6.39. The van der Waals surface area contributed by atoms with Gasteiger partial charge in [-0.1, -0.05) is 34.4 Å². The Morgan fingerprint density at radius 3 is 2.38 bits per heavy atom.